The number of fused-ring (bicyclic) bond motifs is 3. The molecule has 40 heavy (non-hydrogen) atoms. The van der Waals surface area contributed by atoms with E-state index in [-0.39, 0.29) is 24.3 Å². The predicted molar refractivity (Wildman–Crippen MR) is 150 cm³/mol. The summed E-state index contributed by atoms with van der Waals surface area (Å²) in [5, 5.41) is 6.33. The molecule has 9 nitrogen and oxygen atoms in total. The number of hydrogen-bond donors (Lipinski definition) is 2. The standard InChI is InChI=1S/C30H26ClN5O4/c31-23-6-2-1-4-21(23)26-35-30(9-12-40-13-10-30)28(39)36(26)17-24(37)33-20-8-7-18-15-29(16-19(18)14-20)22-5-3-11-32-25(22)34-27(29)38/h1-8,11,14H,9-10,12-13,15-17H2,(H,33,37)(H,32,34,38). The fourth-order valence-electron chi connectivity index (χ4n) is 6.38. The third kappa shape index (κ3) is 3.83. The average Bonchev–Trinajstić information content (AvgIpc) is 3.56. The van der Waals surface area contributed by atoms with Crippen molar-refractivity contribution in [1.29, 1.82) is 0 Å². The lowest BCUT2D eigenvalue weighted by atomic mass is 9.79. The summed E-state index contributed by atoms with van der Waals surface area (Å²) >= 11 is 6.48. The van der Waals surface area contributed by atoms with E-state index in [9.17, 15) is 14.4 Å². The van der Waals surface area contributed by atoms with Gasteiger partial charge in [-0.1, -0.05) is 35.9 Å². The van der Waals surface area contributed by atoms with Gasteiger partial charge in [-0.25, -0.2) is 4.98 Å². The quantitative estimate of drug-likeness (QED) is 0.511. The Morgan fingerprint density at radius 3 is 2.67 bits per heavy atom. The molecule has 3 amide bonds. The Morgan fingerprint density at radius 2 is 1.85 bits per heavy atom. The van der Waals surface area contributed by atoms with Gasteiger partial charge in [-0.3, -0.25) is 24.3 Å². The highest BCUT2D eigenvalue weighted by atomic mass is 35.5. The molecule has 10 heteroatoms. The van der Waals surface area contributed by atoms with E-state index in [4.69, 9.17) is 21.3 Å². The van der Waals surface area contributed by atoms with Crippen LogP contribution < -0.4 is 10.6 Å². The van der Waals surface area contributed by atoms with Crippen LogP contribution in [0.15, 0.2) is 65.8 Å². The summed E-state index contributed by atoms with van der Waals surface area (Å²) in [6.45, 7) is 0.661. The van der Waals surface area contributed by atoms with E-state index in [1.807, 2.05) is 42.5 Å². The van der Waals surface area contributed by atoms with E-state index >= 15 is 0 Å². The summed E-state index contributed by atoms with van der Waals surface area (Å²) in [4.78, 5) is 50.6. The van der Waals surface area contributed by atoms with Gasteiger partial charge in [0.05, 0.1) is 10.4 Å². The maximum absolute atomic E-state index is 13.7. The van der Waals surface area contributed by atoms with Crippen molar-refractivity contribution in [1.82, 2.24) is 9.88 Å². The molecule has 1 fully saturated rings. The molecule has 4 aliphatic rings. The van der Waals surface area contributed by atoms with E-state index in [1.165, 1.54) is 4.90 Å². The Labute approximate surface area is 235 Å². The van der Waals surface area contributed by atoms with Gasteiger partial charge in [-0.15, -0.1) is 0 Å². The lowest BCUT2D eigenvalue weighted by Gasteiger charge is -2.29. The van der Waals surface area contributed by atoms with Gasteiger partial charge in [0.15, 0.2) is 0 Å². The van der Waals surface area contributed by atoms with Crippen LogP contribution in [-0.2, 0) is 37.4 Å². The zero-order chi connectivity index (χ0) is 27.5. The summed E-state index contributed by atoms with van der Waals surface area (Å²) in [5.41, 5.74) is 2.56. The minimum absolute atomic E-state index is 0.0519. The molecule has 2 N–H and O–H groups in total. The molecule has 1 unspecified atom stereocenters. The molecule has 2 spiro atoms. The maximum Gasteiger partial charge on any atom is 0.256 e. The number of carbonyl (C=O) groups is 3. The number of aromatic nitrogens is 1. The summed E-state index contributed by atoms with van der Waals surface area (Å²) in [6, 6.07) is 16.7. The van der Waals surface area contributed by atoms with Crippen molar-refractivity contribution < 1.29 is 19.1 Å². The normalized spacial score (nSPS) is 22.3. The topological polar surface area (TPSA) is 113 Å². The van der Waals surface area contributed by atoms with Gasteiger partial charge >= 0.3 is 0 Å². The van der Waals surface area contributed by atoms with Crippen LogP contribution in [0.25, 0.3) is 0 Å². The fraction of sp³-hybridized carbons (Fsp3) is 0.300. The summed E-state index contributed by atoms with van der Waals surface area (Å²) in [7, 11) is 0. The lowest BCUT2D eigenvalue weighted by molar-refractivity contribution is -0.136. The van der Waals surface area contributed by atoms with Crippen molar-refractivity contribution in [3.05, 3.63) is 88.1 Å². The Kier molecular flexibility index (Phi) is 5.76. The maximum atomic E-state index is 13.7. The van der Waals surface area contributed by atoms with Gasteiger partial charge in [0, 0.05) is 49.1 Å². The second kappa shape index (κ2) is 9.25. The Hall–Kier alpha value is -4.08. The fourth-order valence-corrected chi connectivity index (χ4v) is 6.60. The van der Waals surface area contributed by atoms with Gasteiger partial charge in [0.1, 0.15) is 23.7 Å². The van der Waals surface area contributed by atoms with Crippen LogP contribution in [0.3, 0.4) is 0 Å². The number of carbonyl (C=O) groups excluding carboxylic acids is 3. The Balaban J connectivity index is 1.12. The number of nitrogens with zero attached hydrogens (tertiary/aromatic N) is 3. The highest BCUT2D eigenvalue weighted by molar-refractivity contribution is 6.35. The molecule has 0 radical (unpaired) electrons. The number of nitrogens with one attached hydrogen (secondary N) is 2. The van der Waals surface area contributed by atoms with Gasteiger partial charge < -0.3 is 15.4 Å². The minimum atomic E-state index is -0.943. The Bertz CT molecular complexity index is 1620. The van der Waals surface area contributed by atoms with Crippen molar-refractivity contribution in [3.8, 4) is 0 Å². The zero-order valence-electron chi connectivity index (χ0n) is 21.6. The van der Waals surface area contributed by atoms with Crippen molar-refractivity contribution in [2.24, 2.45) is 4.99 Å². The van der Waals surface area contributed by atoms with Crippen LogP contribution in [0.2, 0.25) is 5.02 Å². The number of rotatable bonds is 4. The molecule has 1 aromatic heterocycles. The van der Waals surface area contributed by atoms with Crippen molar-refractivity contribution in [2.45, 2.75) is 36.6 Å². The summed E-state index contributed by atoms with van der Waals surface area (Å²) in [5.74, 6) is 0.406. The number of hydrogen-bond acceptors (Lipinski definition) is 6. The molecule has 3 aromatic rings. The monoisotopic (exact) mass is 555 g/mol. The van der Waals surface area contributed by atoms with E-state index in [1.54, 1.807) is 18.3 Å². The first-order chi connectivity index (χ1) is 19.4. The van der Waals surface area contributed by atoms with Crippen LogP contribution >= 0.6 is 11.6 Å². The van der Waals surface area contributed by atoms with Crippen molar-refractivity contribution in [2.75, 3.05) is 30.4 Å². The van der Waals surface area contributed by atoms with Crippen molar-refractivity contribution in [3.63, 3.8) is 0 Å². The smallest absolute Gasteiger partial charge is 0.256 e. The van der Waals surface area contributed by atoms with Gasteiger partial charge in [0.25, 0.3) is 5.91 Å². The van der Waals surface area contributed by atoms with Gasteiger partial charge in [0.2, 0.25) is 11.8 Å². The second-order valence-electron chi connectivity index (χ2n) is 10.8. The highest BCUT2D eigenvalue weighted by Crippen LogP contribution is 2.47. The lowest BCUT2D eigenvalue weighted by Crippen LogP contribution is -2.48. The number of anilines is 2. The van der Waals surface area contributed by atoms with Crippen molar-refractivity contribution >= 4 is 46.7 Å². The number of ether oxygens (including phenoxy) is 1. The van der Waals surface area contributed by atoms with Crippen LogP contribution in [0.5, 0.6) is 0 Å². The molecular formula is C30H26ClN5O4. The first-order valence-corrected chi connectivity index (χ1v) is 13.7. The molecule has 3 aliphatic heterocycles. The number of amidine groups is 1. The van der Waals surface area contributed by atoms with E-state index in [0.29, 0.717) is 66.8 Å². The number of amides is 3. The highest BCUT2D eigenvalue weighted by Gasteiger charge is 2.52. The van der Waals surface area contributed by atoms with Crippen LogP contribution in [0.1, 0.15) is 35.1 Å². The number of benzene rings is 2. The third-order valence-corrected chi connectivity index (χ3v) is 8.75. The molecule has 1 aliphatic carbocycles. The van der Waals surface area contributed by atoms with Crippen LogP contribution in [0, 0.1) is 0 Å². The van der Waals surface area contributed by atoms with E-state index < -0.39 is 11.0 Å². The molecule has 0 saturated carbocycles. The van der Waals surface area contributed by atoms with E-state index in [2.05, 4.69) is 15.6 Å². The summed E-state index contributed by atoms with van der Waals surface area (Å²) in [6.07, 6.45) is 3.68. The molecule has 7 rings (SSSR count). The minimum Gasteiger partial charge on any atom is -0.381 e. The zero-order valence-corrected chi connectivity index (χ0v) is 22.3. The summed E-state index contributed by atoms with van der Waals surface area (Å²) < 4.78 is 5.49. The van der Waals surface area contributed by atoms with Gasteiger partial charge in [-0.2, -0.15) is 0 Å². The number of aliphatic imine (C=N–C) groups is 1. The first-order valence-electron chi connectivity index (χ1n) is 13.3. The van der Waals surface area contributed by atoms with E-state index in [0.717, 1.165) is 16.7 Å². The molecule has 202 valence electrons. The Morgan fingerprint density at radius 1 is 1.05 bits per heavy atom. The molecule has 1 atom stereocenters. The molecular weight excluding hydrogens is 530 g/mol. The molecule has 0 bridgehead atoms. The third-order valence-electron chi connectivity index (χ3n) is 8.42. The number of pyridine rings is 1. The first kappa shape index (κ1) is 24.9. The molecule has 2 aromatic carbocycles. The second-order valence-corrected chi connectivity index (χ2v) is 11.2. The predicted octanol–water partition coefficient (Wildman–Crippen LogP) is 3.50. The SMILES string of the molecule is O=C(CN1C(=O)C2(CCOCC2)N=C1c1ccccc1Cl)Nc1ccc2c(c1)CC1(C2)C(=O)Nc2ncccc21. The van der Waals surface area contributed by atoms with Crippen LogP contribution in [0.4, 0.5) is 11.5 Å². The molecule has 1 saturated heterocycles. The molecule has 4 heterocycles. The number of halogens is 1. The average molecular weight is 556 g/mol. The van der Waals surface area contributed by atoms with Crippen LogP contribution in [-0.4, -0.2) is 58.7 Å². The largest absolute Gasteiger partial charge is 0.381 e. The van der Waals surface area contributed by atoms with Gasteiger partial charge in [-0.05, 0) is 54.3 Å².